The topological polar surface area (TPSA) is 73.9 Å². The van der Waals surface area contributed by atoms with E-state index in [1.165, 1.54) is 19.2 Å². The van der Waals surface area contributed by atoms with E-state index in [9.17, 15) is 8.42 Å². The van der Waals surface area contributed by atoms with Gasteiger partial charge >= 0.3 is 7.12 Å². The SMILES string of the molecule is C=C1OB(c2ccc(CCNS(=O)(=O)c3ccc(OC)cc3)cc2)OC1(C)C. The molecule has 0 bridgehead atoms. The Morgan fingerprint density at radius 3 is 2.29 bits per heavy atom. The van der Waals surface area contributed by atoms with Crippen molar-refractivity contribution in [1.29, 1.82) is 0 Å². The lowest BCUT2D eigenvalue weighted by Crippen LogP contribution is -2.34. The quantitative estimate of drug-likeness (QED) is 0.721. The maximum atomic E-state index is 12.3. The van der Waals surface area contributed by atoms with Crippen molar-refractivity contribution >= 4 is 22.6 Å². The maximum Gasteiger partial charge on any atom is 0.563 e. The van der Waals surface area contributed by atoms with Crippen molar-refractivity contribution in [1.82, 2.24) is 4.72 Å². The molecule has 0 saturated carbocycles. The number of benzene rings is 2. The Morgan fingerprint density at radius 1 is 1.11 bits per heavy atom. The average Bonchev–Trinajstić information content (AvgIpc) is 2.95. The minimum atomic E-state index is -3.55. The van der Waals surface area contributed by atoms with Crippen molar-refractivity contribution < 1.29 is 22.5 Å². The summed E-state index contributed by atoms with van der Waals surface area (Å²) in [4.78, 5) is 0.210. The molecule has 1 aliphatic rings. The number of hydrogen-bond donors (Lipinski definition) is 1. The first-order chi connectivity index (χ1) is 13.2. The fourth-order valence-corrected chi connectivity index (χ4v) is 3.81. The zero-order chi connectivity index (χ0) is 20.4. The second-order valence-corrected chi connectivity index (χ2v) is 8.83. The molecule has 148 valence electrons. The van der Waals surface area contributed by atoms with Crippen molar-refractivity contribution in [3.8, 4) is 5.75 Å². The molecule has 0 unspecified atom stereocenters. The fourth-order valence-electron chi connectivity index (χ4n) is 2.77. The first-order valence-corrected chi connectivity index (χ1v) is 10.5. The third-order valence-electron chi connectivity index (χ3n) is 4.65. The van der Waals surface area contributed by atoms with E-state index in [2.05, 4.69) is 11.3 Å². The highest BCUT2D eigenvalue weighted by atomic mass is 32.2. The monoisotopic (exact) mass is 401 g/mol. The van der Waals surface area contributed by atoms with Crippen LogP contribution in [0.2, 0.25) is 0 Å². The Balaban J connectivity index is 1.55. The lowest BCUT2D eigenvalue weighted by molar-refractivity contribution is 0.173. The van der Waals surface area contributed by atoms with Gasteiger partial charge in [0.05, 0.1) is 17.8 Å². The van der Waals surface area contributed by atoms with Gasteiger partial charge in [0, 0.05) is 6.54 Å². The highest BCUT2D eigenvalue weighted by Gasteiger charge is 2.42. The van der Waals surface area contributed by atoms with Crippen LogP contribution in [0.3, 0.4) is 0 Å². The maximum absolute atomic E-state index is 12.3. The molecule has 0 atom stereocenters. The molecule has 2 aromatic carbocycles. The summed E-state index contributed by atoms with van der Waals surface area (Å²) < 4.78 is 43.9. The Bertz CT molecular complexity index is 940. The van der Waals surface area contributed by atoms with Gasteiger partial charge < -0.3 is 14.0 Å². The summed E-state index contributed by atoms with van der Waals surface area (Å²) >= 11 is 0. The molecule has 3 rings (SSSR count). The summed E-state index contributed by atoms with van der Waals surface area (Å²) in [5.74, 6) is 1.22. The van der Waals surface area contributed by atoms with Gasteiger partial charge in [0.2, 0.25) is 10.0 Å². The molecule has 1 fully saturated rings. The Labute approximate surface area is 166 Å². The van der Waals surface area contributed by atoms with Gasteiger partial charge in [0.1, 0.15) is 11.4 Å². The summed E-state index contributed by atoms with van der Waals surface area (Å²) in [6.07, 6.45) is 0.570. The molecule has 0 aliphatic carbocycles. The lowest BCUT2D eigenvalue weighted by atomic mass is 9.79. The lowest BCUT2D eigenvalue weighted by Gasteiger charge is -2.15. The van der Waals surface area contributed by atoms with E-state index in [1.54, 1.807) is 12.1 Å². The van der Waals surface area contributed by atoms with Crippen molar-refractivity contribution in [2.45, 2.75) is 30.8 Å². The average molecular weight is 401 g/mol. The second kappa shape index (κ2) is 7.99. The number of nitrogens with one attached hydrogen (secondary N) is 1. The van der Waals surface area contributed by atoms with Gasteiger partial charge in [-0.2, -0.15) is 0 Å². The summed E-state index contributed by atoms with van der Waals surface area (Å²) in [7, 11) is -2.48. The summed E-state index contributed by atoms with van der Waals surface area (Å²) in [5.41, 5.74) is 1.40. The van der Waals surface area contributed by atoms with Crippen LogP contribution in [0.4, 0.5) is 0 Å². The van der Waals surface area contributed by atoms with Crippen molar-refractivity contribution in [2.75, 3.05) is 13.7 Å². The highest BCUT2D eigenvalue weighted by Crippen LogP contribution is 2.29. The van der Waals surface area contributed by atoms with E-state index < -0.39 is 22.7 Å². The standard InChI is InChI=1S/C20H24BNO5S/c1-15-20(2,3)27-21(26-15)17-7-5-16(6-8-17)13-14-22-28(23,24)19-11-9-18(25-4)10-12-19/h5-12,22H,1,13-14H2,2-4H3. The van der Waals surface area contributed by atoms with Crippen LogP contribution >= 0.6 is 0 Å². The molecule has 0 amide bonds. The van der Waals surface area contributed by atoms with E-state index in [0.29, 0.717) is 24.5 Å². The van der Waals surface area contributed by atoms with Gasteiger partial charge in [0.15, 0.2) is 0 Å². The van der Waals surface area contributed by atoms with Gasteiger partial charge in [-0.15, -0.1) is 0 Å². The Morgan fingerprint density at radius 2 is 1.75 bits per heavy atom. The minimum Gasteiger partial charge on any atom is -0.534 e. The predicted octanol–water partition coefficient (Wildman–Crippen LogP) is 2.25. The summed E-state index contributed by atoms with van der Waals surface area (Å²) in [6, 6.07) is 14.0. The van der Waals surface area contributed by atoms with Crippen molar-refractivity contribution in [3.05, 3.63) is 66.4 Å². The van der Waals surface area contributed by atoms with Crippen LogP contribution in [0, 0.1) is 0 Å². The molecule has 0 radical (unpaired) electrons. The molecule has 1 saturated heterocycles. The molecule has 28 heavy (non-hydrogen) atoms. The normalized spacial score (nSPS) is 16.1. The first-order valence-electron chi connectivity index (χ1n) is 8.98. The molecule has 2 aromatic rings. The van der Waals surface area contributed by atoms with Crippen LogP contribution in [-0.4, -0.2) is 34.8 Å². The predicted molar refractivity (Wildman–Crippen MR) is 109 cm³/mol. The van der Waals surface area contributed by atoms with Crippen LogP contribution < -0.4 is 14.9 Å². The van der Waals surface area contributed by atoms with Crippen LogP contribution in [0.5, 0.6) is 5.75 Å². The Hall–Kier alpha value is -2.29. The largest absolute Gasteiger partial charge is 0.563 e. The summed E-state index contributed by atoms with van der Waals surface area (Å²) in [6.45, 7) is 8.01. The van der Waals surface area contributed by atoms with Crippen molar-refractivity contribution in [2.24, 2.45) is 0 Å². The molecule has 8 heteroatoms. The highest BCUT2D eigenvalue weighted by molar-refractivity contribution is 7.89. The molecule has 1 aliphatic heterocycles. The van der Waals surface area contributed by atoms with Crippen LogP contribution in [0.1, 0.15) is 19.4 Å². The molecular formula is C20H24BNO5S. The second-order valence-electron chi connectivity index (χ2n) is 7.07. The first kappa shape index (κ1) is 20.4. The van der Waals surface area contributed by atoms with Crippen LogP contribution in [-0.2, 0) is 25.8 Å². The van der Waals surface area contributed by atoms with Gasteiger partial charge in [-0.3, -0.25) is 0 Å². The van der Waals surface area contributed by atoms with Crippen LogP contribution in [0.15, 0.2) is 65.8 Å². The molecule has 0 aromatic heterocycles. The number of ether oxygens (including phenoxy) is 1. The number of hydrogen-bond acceptors (Lipinski definition) is 5. The van der Waals surface area contributed by atoms with Crippen LogP contribution in [0.25, 0.3) is 0 Å². The van der Waals surface area contributed by atoms with E-state index in [1.807, 2.05) is 38.1 Å². The smallest absolute Gasteiger partial charge is 0.534 e. The molecular weight excluding hydrogens is 377 g/mol. The molecule has 0 spiro atoms. The minimum absolute atomic E-state index is 0.210. The number of rotatable bonds is 7. The molecule has 1 heterocycles. The van der Waals surface area contributed by atoms with E-state index in [0.717, 1.165) is 11.0 Å². The van der Waals surface area contributed by atoms with Gasteiger partial charge in [-0.1, -0.05) is 30.8 Å². The molecule has 6 nitrogen and oxygen atoms in total. The van der Waals surface area contributed by atoms with Gasteiger partial charge in [-0.05, 0) is 55.6 Å². The zero-order valence-electron chi connectivity index (χ0n) is 16.3. The third kappa shape index (κ3) is 4.58. The van der Waals surface area contributed by atoms with E-state index in [4.69, 9.17) is 14.0 Å². The van der Waals surface area contributed by atoms with Gasteiger partial charge in [0.25, 0.3) is 0 Å². The zero-order valence-corrected chi connectivity index (χ0v) is 17.1. The third-order valence-corrected chi connectivity index (χ3v) is 6.13. The van der Waals surface area contributed by atoms with Gasteiger partial charge in [-0.25, -0.2) is 13.1 Å². The Kier molecular flexibility index (Phi) is 5.83. The summed E-state index contributed by atoms with van der Waals surface area (Å²) in [5, 5.41) is 0. The fraction of sp³-hybridized carbons (Fsp3) is 0.300. The van der Waals surface area contributed by atoms with Crippen molar-refractivity contribution in [3.63, 3.8) is 0 Å². The molecule has 1 N–H and O–H groups in total. The van der Waals surface area contributed by atoms with E-state index >= 15 is 0 Å². The van der Waals surface area contributed by atoms with E-state index in [-0.39, 0.29) is 4.90 Å². The number of sulfonamides is 1. The number of methoxy groups -OCH3 is 1.